The summed E-state index contributed by atoms with van der Waals surface area (Å²) in [5.74, 6) is -4.76. The average molecular weight is 566 g/mol. The maximum atomic E-state index is 13.9. The molecule has 0 N–H and O–H groups in total. The third kappa shape index (κ3) is 5.30. The van der Waals surface area contributed by atoms with Crippen LogP contribution in [0, 0.1) is 12.8 Å². The molecule has 0 saturated heterocycles. The normalized spacial score (nSPS) is 13.2. The maximum Gasteiger partial charge on any atom is 0.453 e. The summed E-state index contributed by atoms with van der Waals surface area (Å²) < 4.78 is 57.3. The van der Waals surface area contributed by atoms with Gasteiger partial charge in [0.2, 0.25) is 11.2 Å². The van der Waals surface area contributed by atoms with Gasteiger partial charge in [-0.1, -0.05) is 26.0 Å². The second-order valence-corrected chi connectivity index (χ2v) is 9.93. The molecule has 4 aromatic rings. The molecule has 11 heteroatoms. The van der Waals surface area contributed by atoms with Crippen LogP contribution in [0.2, 0.25) is 0 Å². The Labute approximate surface area is 230 Å². The van der Waals surface area contributed by atoms with Crippen molar-refractivity contribution in [1.82, 2.24) is 4.90 Å². The Hall–Kier alpha value is -4.93. The number of benzene rings is 3. The minimum Gasteiger partial charge on any atom is -0.449 e. The number of rotatable bonds is 6. The number of hydrogen-bond acceptors (Lipinski definition) is 7. The van der Waals surface area contributed by atoms with Gasteiger partial charge in [-0.15, -0.1) is 0 Å². The zero-order valence-electron chi connectivity index (χ0n) is 22.0. The van der Waals surface area contributed by atoms with Gasteiger partial charge in [-0.05, 0) is 60.9 Å². The molecule has 5 rings (SSSR count). The smallest absolute Gasteiger partial charge is 0.449 e. The molecule has 0 aliphatic carbocycles. The monoisotopic (exact) mass is 565 g/mol. The van der Waals surface area contributed by atoms with Crippen LogP contribution in [-0.2, 0) is 6.18 Å². The first-order valence-electron chi connectivity index (χ1n) is 12.5. The summed E-state index contributed by atoms with van der Waals surface area (Å²) in [5, 5.41) is -0.229. The van der Waals surface area contributed by atoms with Gasteiger partial charge in [-0.2, -0.15) is 13.2 Å². The van der Waals surface area contributed by atoms with Crippen molar-refractivity contribution in [3.63, 3.8) is 0 Å². The van der Waals surface area contributed by atoms with Gasteiger partial charge in [-0.25, -0.2) is 4.79 Å². The number of imide groups is 1. The third-order valence-corrected chi connectivity index (χ3v) is 6.25. The van der Waals surface area contributed by atoms with E-state index in [0.717, 1.165) is 17.0 Å². The van der Waals surface area contributed by atoms with Crippen LogP contribution in [0.3, 0.4) is 0 Å². The van der Waals surface area contributed by atoms with Crippen molar-refractivity contribution >= 4 is 28.8 Å². The molecule has 0 atom stereocenters. The standard InChI is InChI=1S/C30H22F3NO7/c1-15(2)14-34-27(36)20-9-7-17(12-22(20)28(34)37)29(38)40-19-8-10-21-23(13-19)41-26(30(31,32)33)25(24(21)35)39-18-6-4-5-16(3)11-18/h4-13,15H,14H2,1-3H3. The lowest BCUT2D eigenvalue weighted by Crippen LogP contribution is -2.33. The number of hydrogen-bond donors (Lipinski definition) is 0. The fraction of sp³-hybridized carbons (Fsp3) is 0.200. The molecule has 1 aliphatic heterocycles. The Balaban J connectivity index is 1.46. The van der Waals surface area contributed by atoms with E-state index in [-0.39, 0.29) is 46.0 Å². The van der Waals surface area contributed by atoms with Gasteiger partial charge >= 0.3 is 12.1 Å². The van der Waals surface area contributed by atoms with Crippen molar-refractivity contribution in [2.75, 3.05) is 6.54 Å². The predicted molar refractivity (Wildman–Crippen MR) is 140 cm³/mol. The van der Waals surface area contributed by atoms with E-state index >= 15 is 0 Å². The lowest BCUT2D eigenvalue weighted by Gasteiger charge is -2.15. The molecule has 210 valence electrons. The summed E-state index contributed by atoms with van der Waals surface area (Å²) >= 11 is 0. The number of esters is 1. The van der Waals surface area contributed by atoms with Crippen molar-refractivity contribution < 1.29 is 41.4 Å². The molecule has 2 heterocycles. The number of carbonyl (C=O) groups excluding carboxylic acids is 3. The molecule has 0 radical (unpaired) electrons. The number of aryl methyl sites for hydroxylation is 1. The Kier molecular flexibility index (Phi) is 6.90. The summed E-state index contributed by atoms with van der Waals surface area (Å²) in [6, 6.07) is 13.4. The van der Waals surface area contributed by atoms with E-state index in [2.05, 4.69) is 0 Å². The van der Waals surface area contributed by atoms with Gasteiger partial charge in [0, 0.05) is 12.6 Å². The van der Waals surface area contributed by atoms with E-state index in [0.29, 0.717) is 5.56 Å². The molecule has 0 bridgehead atoms. The zero-order chi connectivity index (χ0) is 29.6. The molecule has 0 spiro atoms. The minimum absolute atomic E-state index is 0.0227. The van der Waals surface area contributed by atoms with Crippen LogP contribution in [0.4, 0.5) is 13.2 Å². The highest BCUT2D eigenvalue weighted by molar-refractivity contribution is 6.22. The van der Waals surface area contributed by atoms with Gasteiger partial charge in [-0.3, -0.25) is 19.3 Å². The fourth-order valence-corrected chi connectivity index (χ4v) is 4.41. The van der Waals surface area contributed by atoms with E-state index in [1.807, 2.05) is 13.8 Å². The topological polar surface area (TPSA) is 103 Å². The fourth-order valence-electron chi connectivity index (χ4n) is 4.41. The molecular weight excluding hydrogens is 543 g/mol. The minimum atomic E-state index is -5.07. The van der Waals surface area contributed by atoms with Crippen molar-refractivity contribution in [2.45, 2.75) is 26.9 Å². The maximum absolute atomic E-state index is 13.9. The average Bonchev–Trinajstić information content (AvgIpc) is 3.13. The highest BCUT2D eigenvalue weighted by atomic mass is 19.4. The Morgan fingerprint density at radius 2 is 1.66 bits per heavy atom. The number of alkyl halides is 3. The van der Waals surface area contributed by atoms with Crippen LogP contribution in [0.15, 0.2) is 69.9 Å². The second kappa shape index (κ2) is 10.2. The Morgan fingerprint density at radius 3 is 2.34 bits per heavy atom. The van der Waals surface area contributed by atoms with Crippen LogP contribution in [-0.4, -0.2) is 29.2 Å². The zero-order valence-corrected chi connectivity index (χ0v) is 22.0. The number of fused-ring (bicyclic) bond motifs is 2. The van der Waals surface area contributed by atoms with Crippen LogP contribution in [0.25, 0.3) is 11.0 Å². The van der Waals surface area contributed by atoms with Crippen LogP contribution in [0.5, 0.6) is 17.2 Å². The largest absolute Gasteiger partial charge is 0.453 e. The summed E-state index contributed by atoms with van der Waals surface area (Å²) in [4.78, 5) is 52.3. The van der Waals surface area contributed by atoms with E-state index in [1.54, 1.807) is 19.1 Å². The van der Waals surface area contributed by atoms with E-state index < -0.39 is 46.5 Å². The molecule has 0 saturated carbocycles. The first-order valence-corrected chi connectivity index (χ1v) is 12.5. The lowest BCUT2D eigenvalue weighted by molar-refractivity contribution is -0.154. The molecule has 1 aliphatic rings. The summed E-state index contributed by atoms with van der Waals surface area (Å²) in [7, 11) is 0. The molecule has 8 nitrogen and oxygen atoms in total. The highest BCUT2D eigenvalue weighted by Crippen LogP contribution is 2.39. The molecular formula is C30H22F3NO7. The molecule has 41 heavy (non-hydrogen) atoms. The number of nitrogens with zero attached hydrogens (tertiary/aromatic N) is 1. The number of ether oxygens (including phenoxy) is 2. The van der Waals surface area contributed by atoms with E-state index in [1.165, 1.54) is 36.4 Å². The number of halogens is 3. The second-order valence-electron chi connectivity index (χ2n) is 9.93. The lowest BCUT2D eigenvalue weighted by atomic mass is 10.1. The van der Waals surface area contributed by atoms with Crippen LogP contribution < -0.4 is 14.9 Å². The molecule has 3 aromatic carbocycles. The van der Waals surface area contributed by atoms with Gasteiger partial charge in [0.05, 0.1) is 22.1 Å². The van der Waals surface area contributed by atoms with Crippen molar-refractivity contribution in [2.24, 2.45) is 5.92 Å². The number of amides is 2. The SMILES string of the molecule is Cc1cccc(Oc2c(C(F)(F)F)oc3cc(OC(=O)c4ccc5c(c4)C(=O)N(CC(C)C)C5=O)ccc3c2=O)c1. The van der Waals surface area contributed by atoms with Crippen molar-refractivity contribution in [3.8, 4) is 17.2 Å². The van der Waals surface area contributed by atoms with Crippen molar-refractivity contribution in [1.29, 1.82) is 0 Å². The molecule has 1 aromatic heterocycles. The summed E-state index contributed by atoms with van der Waals surface area (Å²) in [5.41, 5.74) is -0.696. The summed E-state index contributed by atoms with van der Waals surface area (Å²) in [6.07, 6.45) is -5.07. The van der Waals surface area contributed by atoms with Gasteiger partial charge in [0.1, 0.15) is 17.1 Å². The Morgan fingerprint density at radius 1 is 0.927 bits per heavy atom. The number of carbonyl (C=O) groups is 3. The van der Waals surface area contributed by atoms with Gasteiger partial charge < -0.3 is 13.9 Å². The highest BCUT2D eigenvalue weighted by Gasteiger charge is 2.41. The van der Waals surface area contributed by atoms with Crippen molar-refractivity contribution in [3.05, 3.63) is 98.9 Å². The first kappa shape index (κ1) is 27.6. The molecule has 0 fully saturated rings. The van der Waals surface area contributed by atoms with Crippen LogP contribution >= 0.6 is 0 Å². The Bertz CT molecular complexity index is 1790. The third-order valence-electron chi connectivity index (χ3n) is 6.25. The van der Waals surface area contributed by atoms with E-state index in [9.17, 15) is 32.3 Å². The quantitative estimate of drug-likeness (QED) is 0.152. The first-order chi connectivity index (χ1) is 19.3. The van der Waals surface area contributed by atoms with Crippen LogP contribution in [0.1, 0.15) is 56.2 Å². The molecule has 2 amide bonds. The molecule has 0 unspecified atom stereocenters. The predicted octanol–water partition coefficient (Wildman–Crippen LogP) is 6.38. The van der Waals surface area contributed by atoms with Gasteiger partial charge in [0.15, 0.2) is 0 Å². The summed E-state index contributed by atoms with van der Waals surface area (Å²) in [6.45, 7) is 5.64. The van der Waals surface area contributed by atoms with E-state index in [4.69, 9.17) is 13.9 Å². The van der Waals surface area contributed by atoms with Gasteiger partial charge in [0.25, 0.3) is 17.6 Å².